The zero-order valence-electron chi connectivity index (χ0n) is 14.9. The van der Waals surface area contributed by atoms with Crippen molar-refractivity contribution in [3.05, 3.63) is 81.8 Å². The van der Waals surface area contributed by atoms with Gasteiger partial charge in [0.2, 0.25) is 0 Å². The van der Waals surface area contributed by atoms with Crippen molar-refractivity contribution in [2.45, 2.75) is 6.92 Å². The lowest BCUT2D eigenvalue weighted by Gasteiger charge is -2.15. The molecule has 3 aromatic rings. The van der Waals surface area contributed by atoms with Crippen LogP contribution >= 0.6 is 23.2 Å². The molecular weight excluding hydrogens is 399 g/mol. The van der Waals surface area contributed by atoms with Crippen LogP contribution in [0.25, 0.3) is 22.3 Å². The zero-order chi connectivity index (χ0) is 20.3. The van der Waals surface area contributed by atoms with E-state index in [1.165, 1.54) is 12.1 Å². The molecule has 0 bridgehead atoms. The van der Waals surface area contributed by atoms with Gasteiger partial charge in [-0.15, -0.1) is 0 Å². The van der Waals surface area contributed by atoms with E-state index >= 15 is 0 Å². The Kier molecular flexibility index (Phi) is 6.02. The molecule has 0 saturated carbocycles. The molecule has 142 valence electrons. The normalized spacial score (nSPS) is 10.5. The van der Waals surface area contributed by atoms with Crippen molar-refractivity contribution < 1.29 is 19.4 Å². The summed E-state index contributed by atoms with van der Waals surface area (Å²) in [4.78, 5) is 24.6. The van der Waals surface area contributed by atoms with Crippen LogP contribution in [-0.2, 0) is 4.74 Å². The van der Waals surface area contributed by atoms with E-state index in [0.29, 0.717) is 32.3 Å². The maximum Gasteiger partial charge on any atom is 0.338 e. The van der Waals surface area contributed by atoms with E-state index in [0.717, 1.165) is 0 Å². The number of carboxylic acids is 1. The van der Waals surface area contributed by atoms with E-state index in [2.05, 4.69) is 0 Å². The first kappa shape index (κ1) is 19.9. The van der Waals surface area contributed by atoms with Gasteiger partial charge in [-0.1, -0.05) is 53.5 Å². The molecule has 28 heavy (non-hydrogen) atoms. The number of carbonyl (C=O) groups is 2. The van der Waals surface area contributed by atoms with Gasteiger partial charge in [-0.3, -0.25) is 0 Å². The molecule has 0 aliphatic rings. The smallest absolute Gasteiger partial charge is 0.338 e. The molecule has 4 nitrogen and oxygen atoms in total. The van der Waals surface area contributed by atoms with Gasteiger partial charge in [0, 0.05) is 15.6 Å². The minimum Gasteiger partial charge on any atom is -0.478 e. The molecule has 0 unspecified atom stereocenters. The van der Waals surface area contributed by atoms with Crippen LogP contribution in [0.5, 0.6) is 0 Å². The summed E-state index contributed by atoms with van der Waals surface area (Å²) in [5, 5.41) is 10.5. The maximum atomic E-state index is 12.6. The van der Waals surface area contributed by atoms with Gasteiger partial charge in [-0.25, -0.2) is 9.59 Å². The molecular formula is C22H16Cl2O4. The average Bonchev–Trinajstić information content (AvgIpc) is 2.69. The standard InChI is InChI=1S/C22H16Cl2O4/c1-2-28-22(27)19-12-16(17-10-14(23)8-9-20(17)24)18(21(25)26)11-15(19)13-6-4-3-5-7-13/h3-12H,2H2,1H3,(H,25,26). The molecule has 0 amide bonds. The first-order chi connectivity index (χ1) is 13.4. The van der Waals surface area contributed by atoms with Crippen LogP contribution in [0.3, 0.4) is 0 Å². The van der Waals surface area contributed by atoms with E-state index in [9.17, 15) is 14.7 Å². The van der Waals surface area contributed by atoms with E-state index in [-0.39, 0.29) is 17.7 Å². The number of halogens is 2. The Bertz CT molecular complexity index is 1050. The monoisotopic (exact) mass is 414 g/mol. The number of ether oxygens (including phenoxy) is 1. The van der Waals surface area contributed by atoms with Crippen molar-refractivity contribution in [1.29, 1.82) is 0 Å². The molecule has 0 aliphatic carbocycles. The molecule has 0 heterocycles. The van der Waals surface area contributed by atoms with Gasteiger partial charge < -0.3 is 9.84 Å². The third-order valence-electron chi connectivity index (χ3n) is 4.19. The number of benzene rings is 3. The summed E-state index contributed by atoms with van der Waals surface area (Å²) in [6.45, 7) is 1.90. The maximum absolute atomic E-state index is 12.6. The van der Waals surface area contributed by atoms with Crippen LogP contribution < -0.4 is 0 Å². The largest absolute Gasteiger partial charge is 0.478 e. The number of carboxylic acid groups (broad SMARTS) is 1. The van der Waals surface area contributed by atoms with Crippen molar-refractivity contribution in [2.24, 2.45) is 0 Å². The highest BCUT2D eigenvalue weighted by Gasteiger charge is 2.22. The summed E-state index contributed by atoms with van der Waals surface area (Å²) >= 11 is 12.4. The number of carbonyl (C=O) groups excluding carboxylic acids is 1. The first-order valence-corrected chi connectivity index (χ1v) is 9.27. The quantitative estimate of drug-likeness (QED) is 0.504. The second-order valence-corrected chi connectivity index (χ2v) is 6.80. The van der Waals surface area contributed by atoms with Crippen LogP contribution in [0.2, 0.25) is 10.0 Å². The molecule has 0 saturated heterocycles. The summed E-state index contributed by atoms with van der Waals surface area (Å²) in [6.07, 6.45) is 0. The van der Waals surface area contributed by atoms with E-state index in [1.54, 1.807) is 37.3 Å². The Hall–Kier alpha value is -2.82. The number of rotatable bonds is 5. The van der Waals surface area contributed by atoms with E-state index in [4.69, 9.17) is 27.9 Å². The van der Waals surface area contributed by atoms with Gasteiger partial charge in [0.05, 0.1) is 17.7 Å². The molecule has 3 aromatic carbocycles. The summed E-state index contributed by atoms with van der Waals surface area (Å²) < 4.78 is 5.19. The minimum absolute atomic E-state index is 0.0102. The highest BCUT2D eigenvalue weighted by molar-refractivity contribution is 6.35. The lowest BCUT2D eigenvalue weighted by Crippen LogP contribution is -2.10. The van der Waals surface area contributed by atoms with Crippen molar-refractivity contribution >= 4 is 35.1 Å². The van der Waals surface area contributed by atoms with Gasteiger partial charge in [-0.05, 0) is 53.9 Å². The third kappa shape index (κ3) is 4.03. The average molecular weight is 415 g/mol. The van der Waals surface area contributed by atoms with Gasteiger partial charge in [0.25, 0.3) is 0 Å². The topological polar surface area (TPSA) is 63.6 Å². The fraction of sp³-hybridized carbons (Fsp3) is 0.0909. The van der Waals surface area contributed by atoms with Crippen LogP contribution in [0.15, 0.2) is 60.7 Å². The molecule has 0 aromatic heterocycles. The van der Waals surface area contributed by atoms with E-state index < -0.39 is 11.9 Å². The van der Waals surface area contributed by atoms with Gasteiger partial charge in [0.1, 0.15) is 0 Å². The summed E-state index contributed by atoms with van der Waals surface area (Å²) in [7, 11) is 0. The summed E-state index contributed by atoms with van der Waals surface area (Å²) in [5.74, 6) is -1.68. The molecule has 0 radical (unpaired) electrons. The minimum atomic E-state index is -1.14. The fourth-order valence-corrected chi connectivity index (χ4v) is 3.33. The number of hydrogen-bond acceptors (Lipinski definition) is 3. The Morgan fingerprint density at radius 1 is 0.893 bits per heavy atom. The van der Waals surface area contributed by atoms with Crippen LogP contribution in [0.4, 0.5) is 0 Å². The highest BCUT2D eigenvalue weighted by Crippen LogP contribution is 2.37. The molecule has 0 spiro atoms. The SMILES string of the molecule is CCOC(=O)c1cc(-c2cc(Cl)ccc2Cl)c(C(=O)O)cc1-c1ccccc1. The first-order valence-electron chi connectivity index (χ1n) is 8.51. The number of esters is 1. The van der Waals surface area contributed by atoms with Gasteiger partial charge in [-0.2, -0.15) is 0 Å². The zero-order valence-corrected chi connectivity index (χ0v) is 16.4. The van der Waals surface area contributed by atoms with Crippen molar-refractivity contribution in [3.8, 4) is 22.3 Å². The molecule has 6 heteroatoms. The third-order valence-corrected chi connectivity index (χ3v) is 4.75. The van der Waals surface area contributed by atoms with Crippen molar-refractivity contribution in [2.75, 3.05) is 6.61 Å². The summed E-state index contributed by atoms with van der Waals surface area (Å²) in [5.41, 5.74) is 2.16. The number of aromatic carboxylic acids is 1. The Labute approximate surface area is 172 Å². The molecule has 3 rings (SSSR count). The molecule has 1 N–H and O–H groups in total. The molecule has 0 fully saturated rings. The van der Waals surface area contributed by atoms with Crippen molar-refractivity contribution in [1.82, 2.24) is 0 Å². The molecule has 0 aliphatic heterocycles. The predicted molar refractivity (Wildman–Crippen MR) is 110 cm³/mol. The lowest BCUT2D eigenvalue weighted by molar-refractivity contribution is 0.0526. The second kappa shape index (κ2) is 8.46. The lowest BCUT2D eigenvalue weighted by atomic mass is 9.90. The predicted octanol–water partition coefficient (Wildman–Crippen LogP) is 6.20. The Balaban J connectivity index is 2.34. The van der Waals surface area contributed by atoms with E-state index in [1.807, 2.05) is 18.2 Å². The van der Waals surface area contributed by atoms with Crippen LogP contribution in [0, 0.1) is 0 Å². The van der Waals surface area contributed by atoms with Crippen LogP contribution in [-0.4, -0.2) is 23.7 Å². The van der Waals surface area contributed by atoms with Crippen molar-refractivity contribution in [3.63, 3.8) is 0 Å². The van der Waals surface area contributed by atoms with Gasteiger partial charge in [0.15, 0.2) is 0 Å². The Morgan fingerprint density at radius 3 is 2.21 bits per heavy atom. The van der Waals surface area contributed by atoms with Gasteiger partial charge >= 0.3 is 11.9 Å². The van der Waals surface area contributed by atoms with Crippen LogP contribution in [0.1, 0.15) is 27.6 Å². The fourth-order valence-electron chi connectivity index (χ4n) is 2.94. The molecule has 0 atom stereocenters. The highest BCUT2D eigenvalue weighted by atomic mass is 35.5. The number of hydrogen-bond donors (Lipinski definition) is 1. The second-order valence-electron chi connectivity index (χ2n) is 5.96. The Morgan fingerprint density at radius 2 is 1.57 bits per heavy atom. The summed E-state index contributed by atoms with van der Waals surface area (Å²) in [6, 6.07) is 16.8.